The van der Waals surface area contributed by atoms with Crippen LogP contribution in [0.3, 0.4) is 0 Å². The zero-order valence-corrected chi connectivity index (χ0v) is 12.2. The molecule has 0 aliphatic rings. The number of carbonyl (C=O) groups excluding carboxylic acids is 1. The summed E-state index contributed by atoms with van der Waals surface area (Å²) in [6, 6.07) is 4.22. The second kappa shape index (κ2) is 6.78. The van der Waals surface area contributed by atoms with Crippen molar-refractivity contribution in [3.8, 4) is 0 Å². The van der Waals surface area contributed by atoms with Crippen LogP contribution in [0.25, 0.3) is 0 Å². The minimum absolute atomic E-state index is 0.113. The summed E-state index contributed by atoms with van der Waals surface area (Å²) in [6.45, 7) is 3.87. The van der Waals surface area contributed by atoms with E-state index in [2.05, 4.69) is 0 Å². The molecule has 1 rings (SSSR count). The van der Waals surface area contributed by atoms with Crippen LogP contribution in [0.15, 0.2) is 18.2 Å². The quantitative estimate of drug-likeness (QED) is 0.908. The highest BCUT2D eigenvalue weighted by molar-refractivity contribution is 6.35. The van der Waals surface area contributed by atoms with Crippen LogP contribution < -0.4 is 0 Å². The van der Waals surface area contributed by atoms with Crippen molar-refractivity contribution in [2.45, 2.75) is 26.3 Å². The van der Waals surface area contributed by atoms with E-state index in [0.29, 0.717) is 16.6 Å². The van der Waals surface area contributed by atoms with Gasteiger partial charge in [0.25, 0.3) is 5.91 Å². The molecular formula is C13H15Cl2NO3. The molecule has 0 saturated carbocycles. The summed E-state index contributed by atoms with van der Waals surface area (Å²) in [6.07, 6.45) is -0.113. The molecule has 0 saturated heterocycles. The van der Waals surface area contributed by atoms with Crippen LogP contribution in [0.4, 0.5) is 0 Å². The zero-order chi connectivity index (χ0) is 14.6. The van der Waals surface area contributed by atoms with Crippen molar-refractivity contribution in [2.24, 2.45) is 0 Å². The van der Waals surface area contributed by atoms with Gasteiger partial charge in [-0.1, -0.05) is 23.2 Å². The smallest absolute Gasteiger partial charge is 0.305 e. The van der Waals surface area contributed by atoms with Gasteiger partial charge in [0.15, 0.2) is 0 Å². The average molecular weight is 304 g/mol. The van der Waals surface area contributed by atoms with Gasteiger partial charge in [0.1, 0.15) is 0 Å². The van der Waals surface area contributed by atoms with Crippen LogP contribution in [0.1, 0.15) is 30.6 Å². The molecule has 0 aliphatic carbocycles. The Bertz CT molecular complexity index is 491. The molecule has 19 heavy (non-hydrogen) atoms. The Morgan fingerprint density at radius 2 is 2.00 bits per heavy atom. The maximum absolute atomic E-state index is 12.4. The molecule has 1 N–H and O–H groups in total. The van der Waals surface area contributed by atoms with Crippen LogP contribution in [-0.2, 0) is 4.79 Å². The summed E-state index contributed by atoms with van der Waals surface area (Å²) in [4.78, 5) is 24.6. The fraction of sp³-hybridized carbons (Fsp3) is 0.385. The number of nitrogens with zero attached hydrogens (tertiary/aromatic N) is 1. The van der Waals surface area contributed by atoms with E-state index in [0.717, 1.165) is 0 Å². The molecule has 0 heterocycles. The Labute approximate surface area is 121 Å². The van der Waals surface area contributed by atoms with E-state index in [-0.39, 0.29) is 17.9 Å². The Balaban J connectivity index is 3.01. The first kappa shape index (κ1) is 15.8. The van der Waals surface area contributed by atoms with E-state index in [1.165, 1.54) is 11.0 Å². The number of rotatable bonds is 5. The maximum Gasteiger partial charge on any atom is 0.305 e. The first-order valence-electron chi connectivity index (χ1n) is 5.84. The fourth-order valence-electron chi connectivity index (χ4n) is 1.83. The molecule has 0 fully saturated rings. The predicted molar refractivity (Wildman–Crippen MR) is 74.9 cm³/mol. The van der Waals surface area contributed by atoms with Crippen molar-refractivity contribution in [1.82, 2.24) is 4.90 Å². The van der Waals surface area contributed by atoms with Crippen molar-refractivity contribution in [2.75, 3.05) is 6.54 Å². The van der Waals surface area contributed by atoms with E-state index in [1.54, 1.807) is 26.0 Å². The first-order chi connectivity index (χ1) is 8.86. The molecule has 0 radical (unpaired) electrons. The van der Waals surface area contributed by atoms with Gasteiger partial charge in [0.2, 0.25) is 0 Å². The number of hydrogen-bond acceptors (Lipinski definition) is 2. The third-order valence-electron chi connectivity index (χ3n) is 2.76. The number of aliphatic carboxylic acids is 1. The zero-order valence-electron chi connectivity index (χ0n) is 10.7. The highest BCUT2D eigenvalue weighted by Gasteiger charge is 2.23. The van der Waals surface area contributed by atoms with Gasteiger partial charge in [0.05, 0.1) is 17.0 Å². The van der Waals surface area contributed by atoms with Gasteiger partial charge in [-0.3, -0.25) is 9.59 Å². The van der Waals surface area contributed by atoms with Gasteiger partial charge in [-0.15, -0.1) is 0 Å². The van der Waals surface area contributed by atoms with Crippen LogP contribution in [0, 0.1) is 0 Å². The minimum Gasteiger partial charge on any atom is -0.481 e. The normalized spacial score (nSPS) is 12.0. The Morgan fingerprint density at radius 1 is 1.37 bits per heavy atom. The lowest BCUT2D eigenvalue weighted by atomic mass is 10.1. The molecule has 6 heteroatoms. The molecule has 0 spiro atoms. The third-order valence-corrected chi connectivity index (χ3v) is 3.33. The number of hydrogen-bond donors (Lipinski definition) is 1. The van der Waals surface area contributed by atoms with Crippen LogP contribution >= 0.6 is 23.2 Å². The molecule has 0 aromatic heterocycles. The molecule has 1 amide bonds. The van der Waals surface area contributed by atoms with Crippen LogP contribution in [0.2, 0.25) is 10.0 Å². The number of amides is 1. The van der Waals surface area contributed by atoms with Crippen molar-refractivity contribution < 1.29 is 14.7 Å². The van der Waals surface area contributed by atoms with Gasteiger partial charge in [-0.2, -0.15) is 0 Å². The Hall–Kier alpha value is -1.26. The summed E-state index contributed by atoms with van der Waals surface area (Å²) in [5.74, 6) is -1.26. The van der Waals surface area contributed by atoms with Crippen molar-refractivity contribution in [1.29, 1.82) is 0 Å². The summed E-state index contributed by atoms with van der Waals surface area (Å²) >= 11 is 11.8. The van der Waals surface area contributed by atoms with Crippen molar-refractivity contribution in [3.63, 3.8) is 0 Å². The maximum atomic E-state index is 12.4. The number of benzene rings is 1. The monoisotopic (exact) mass is 303 g/mol. The van der Waals surface area contributed by atoms with Crippen LogP contribution in [0.5, 0.6) is 0 Å². The van der Waals surface area contributed by atoms with Crippen molar-refractivity contribution in [3.05, 3.63) is 33.8 Å². The predicted octanol–water partition coefficient (Wildman–Crippen LogP) is 3.32. The lowest BCUT2D eigenvalue weighted by molar-refractivity contribution is -0.138. The standard InChI is InChI=1S/C13H15Cl2NO3/c1-3-16(8(2)6-12(17)18)13(19)10-7-9(14)4-5-11(10)15/h4-5,7-8H,3,6H2,1-2H3,(H,17,18). The van der Waals surface area contributed by atoms with E-state index >= 15 is 0 Å². The number of carboxylic acid groups (broad SMARTS) is 1. The summed E-state index contributed by atoms with van der Waals surface area (Å²) < 4.78 is 0. The summed E-state index contributed by atoms with van der Waals surface area (Å²) in [5, 5.41) is 9.51. The number of carboxylic acids is 1. The SMILES string of the molecule is CCN(C(=O)c1cc(Cl)ccc1Cl)C(C)CC(=O)O. The van der Waals surface area contributed by atoms with E-state index in [1.807, 2.05) is 0 Å². The van der Waals surface area contributed by atoms with E-state index < -0.39 is 12.0 Å². The highest BCUT2D eigenvalue weighted by Crippen LogP contribution is 2.23. The molecule has 0 aliphatic heterocycles. The van der Waals surface area contributed by atoms with Gasteiger partial charge in [0, 0.05) is 17.6 Å². The van der Waals surface area contributed by atoms with Gasteiger partial charge in [-0.25, -0.2) is 0 Å². The van der Waals surface area contributed by atoms with Crippen molar-refractivity contribution >= 4 is 35.1 Å². The lowest BCUT2D eigenvalue weighted by Gasteiger charge is -2.27. The third kappa shape index (κ3) is 4.11. The van der Waals surface area contributed by atoms with E-state index in [4.69, 9.17) is 28.3 Å². The Morgan fingerprint density at radius 3 is 2.53 bits per heavy atom. The topological polar surface area (TPSA) is 57.6 Å². The fourth-order valence-corrected chi connectivity index (χ4v) is 2.20. The van der Waals surface area contributed by atoms with Gasteiger partial charge < -0.3 is 10.0 Å². The van der Waals surface area contributed by atoms with Crippen LogP contribution in [-0.4, -0.2) is 34.5 Å². The van der Waals surface area contributed by atoms with Gasteiger partial charge >= 0.3 is 5.97 Å². The van der Waals surface area contributed by atoms with Gasteiger partial charge in [-0.05, 0) is 32.0 Å². The molecule has 4 nitrogen and oxygen atoms in total. The lowest BCUT2D eigenvalue weighted by Crippen LogP contribution is -2.39. The average Bonchev–Trinajstić information content (AvgIpc) is 2.32. The molecule has 1 unspecified atom stereocenters. The highest BCUT2D eigenvalue weighted by atomic mass is 35.5. The molecule has 104 valence electrons. The largest absolute Gasteiger partial charge is 0.481 e. The minimum atomic E-state index is -0.948. The molecule has 1 atom stereocenters. The molecular weight excluding hydrogens is 289 g/mol. The van der Waals surface area contributed by atoms with E-state index in [9.17, 15) is 9.59 Å². The molecule has 1 aromatic carbocycles. The summed E-state index contributed by atoms with van der Waals surface area (Å²) in [7, 11) is 0. The Kier molecular flexibility index (Phi) is 5.63. The first-order valence-corrected chi connectivity index (χ1v) is 6.60. The summed E-state index contributed by atoms with van der Waals surface area (Å²) in [5.41, 5.74) is 0.285. The second-order valence-electron chi connectivity index (χ2n) is 4.16. The number of carbonyl (C=O) groups is 2. The number of halogens is 2. The molecule has 1 aromatic rings. The second-order valence-corrected chi connectivity index (χ2v) is 5.01. The molecule has 0 bridgehead atoms.